The molecule has 1 saturated heterocycles. The topological polar surface area (TPSA) is 38.5 Å². The molecule has 3 nitrogen and oxygen atoms in total. The molecule has 3 heteroatoms. The SMILES string of the molecule is CCC1CN(CCCc2cccc(N)c2)CCO1. The first-order valence-electron chi connectivity index (χ1n) is 6.96. The van der Waals surface area contributed by atoms with Gasteiger partial charge in [-0.15, -0.1) is 0 Å². The summed E-state index contributed by atoms with van der Waals surface area (Å²) in [6, 6.07) is 8.21. The van der Waals surface area contributed by atoms with E-state index in [0.29, 0.717) is 6.10 Å². The lowest BCUT2D eigenvalue weighted by molar-refractivity contribution is -0.0297. The summed E-state index contributed by atoms with van der Waals surface area (Å²) < 4.78 is 5.68. The molecular formula is C15H24N2O. The van der Waals surface area contributed by atoms with Crippen molar-refractivity contribution in [2.24, 2.45) is 0 Å². The summed E-state index contributed by atoms with van der Waals surface area (Å²) in [5, 5.41) is 0. The maximum atomic E-state index is 5.78. The van der Waals surface area contributed by atoms with E-state index in [1.807, 2.05) is 12.1 Å². The maximum Gasteiger partial charge on any atom is 0.0700 e. The molecule has 1 aromatic rings. The van der Waals surface area contributed by atoms with Gasteiger partial charge in [0, 0.05) is 18.8 Å². The Morgan fingerprint density at radius 2 is 2.33 bits per heavy atom. The molecule has 0 saturated carbocycles. The van der Waals surface area contributed by atoms with Crippen LogP contribution in [-0.2, 0) is 11.2 Å². The smallest absolute Gasteiger partial charge is 0.0700 e. The van der Waals surface area contributed by atoms with Crippen LogP contribution in [0.4, 0.5) is 5.69 Å². The zero-order chi connectivity index (χ0) is 12.8. The number of rotatable bonds is 5. The molecule has 0 aliphatic carbocycles. The monoisotopic (exact) mass is 248 g/mol. The van der Waals surface area contributed by atoms with E-state index in [0.717, 1.165) is 44.8 Å². The zero-order valence-corrected chi connectivity index (χ0v) is 11.3. The molecule has 2 N–H and O–H groups in total. The van der Waals surface area contributed by atoms with Gasteiger partial charge in [0.25, 0.3) is 0 Å². The number of morpholine rings is 1. The van der Waals surface area contributed by atoms with Crippen LogP contribution >= 0.6 is 0 Å². The molecule has 100 valence electrons. The summed E-state index contributed by atoms with van der Waals surface area (Å²) in [7, 11) is 0. The maximum absolute atomic E-state index is 5.78. The number of nitrogen functional groups attached to an aromatic ring is 1. The Labute approximate surface area is 110 Å². The minimum atomic E-state index is 0.436. The third-order valence-corrected chi connectivity index (χ3v) is 3.57. The highest BCUT2D eigenvalue weighted by Crippen LogP contribution is 2.11. The van der Waals surface area contributed by atoms with Crippen molar-refractivity contribution in [3.8, 4) is 0 Å². The van der Waals surface area contributed by atoms with Gasteiger partial charge in [0.05, 0.1) is 12.7 Å². The third-order valence-electron chi connectivity index (χ3n) is 3.57. The molecule has 0 aromatic heterocycles. The number of nitrogens with zero attached hydrogens (tertiary/aromatic N) is 1. The van der Waals surface area contributed by atoms with Crippen LogP contribution in [0.2, 0.25) is 0 Å². The number of hydrogen-bond donors (Lipinski definition) is 1. The Hall–Kier alpha value is -1.06. The Balaban J connectivity index is 1.72. The van der Waals surface area contributed by atoms with E-state index in [9.17, 15) is 0 Å². The van der Waals surface area contributed by atoms with Crippen molar-refractivity contribution in [2.75, 3.05) is 32.0 Å². The van der Waals surface area contributed by atoms with Crippen LogP contribution < -0.4 is 5.73 Å². The Morgan fingerprint density at radius 1 is 1.44 bits per heavy atom. The highest BCUT2D eigenvalue weighted by Gasteiger charge is 2.17. The normalized spacial score (nSPS) is 21.1. The Morgan fingerprint density at radius 3 is 3.11 bits per heavy atom. The van der Waals surface area contributed by atoms with E-state index in [2.05, 4.69) is 24.0 Å². The second kappa shape index (κ2) is 6.76. The van der Waals surface area contributed by atoms with Crippen molar-refractivity contribution in [1.82, 2.24) is 4.90 Å². The minimum Gasteiger partial charge on any atom is -0.399 e. The molecule has 18 heavy (non-hydrogen) atoms. The van der Waals surface area contributed by atoms with E-state index >= 15 is 0 Å². The third kappa shape index (κ3) is 4.00. The van der Waals surface area contributed by atoms with Crippen molar-refractivity contribution >= 4 is 5.69 Å². The van der Waals surface area contributed by atoms with Gasteiger partial charge in [0.15, 0.2) is 0 Å². The molecule has 1 unspecified atom stereocenters. The zero-order valence-electron chi connectivity index (χ0n) is 11.3. The summed E-state index contributed by atoms with van der Waals surface area (Å²) in [6.45, 7) is 6.41. The molecule has 1 atom stereocenters. The fourth-order valence-electron chi connectivity index (χ4n) is 2.49. The summed E-state index contributed by atoms with van der Waals surface area (Å²) >= 11 is 0. The van der Waals surface area contributed by atoms with E-state index in [4.69, 9.17) is 10.5 Å². The molecule has 2 rings (SSSR count). The van der Waals surface area contributed by atoms with Crippen LogP contribution in [0.5, 0.6) is 0 Å². The number of hydrogen-bond acceptors (Lipinski definition) is 3. The second-order valence-corrected chi connectivity index (χ2v) is 5.05. The van der Waals surface area contributed by atoms with Gasteiger partial charge in [-0.2, -0.15) is 0 Å². The van der Waals surface area contributed by atoms with Gasteiger partial charge in [0.2, 0.25) is 0 Å². The first-order valence-corrected chi connectivity index (χ1v) is 6.96. The number of benzene rings is 1. The molecular weight excluding hydrogens is 224 g/mol. The molecule has 0 radical (unpaired) electrons. The summed E-state index contributed by atoms with van der Waals surface area (Å²) in [5.41, 5.74) is 7.99. The van der Waals surface area contributed by atoms with Gasteiger partial charge in [0.1, 0.15) is 0 Å². The van der Waals surface area contributed by atoms with Crippen molar-refractivity contribution < 1.29 is 4.74 Å². The minimum absolute atomic E-state index is 0.436. The number of aryl methyl sites for hydroxylation is 1. The van der Waals surface area contributed by atoms with E-state index in [1.54, 1.807) is 0 Å². The summed E-state index contributed by atoms with van der Waals surface area (Å²) in [6.07, 6.45) is 3.86. The summed E-state index contributed by atoms with van der Waals surface area (Å²) in [5.74, 6) is 0. The van der Waals surface area contributed by atoms with Gasteiger partial charge in [-0.1, -0.05) is 19.1 Å². The van der Waals surface area contributed by atoms with E-state index < -0.39 is 0 Å². The molecule has 1 aliphatic rings. The highest BCUT2D eigenvalue weighted by molar-refractivity contribution is 5.40. The standard InChI is InChI=1S/C15H24N2O/c1-2-15-12-17(9-10-18-15)8-4-6-13-5-3-7-14(16)11-13/h3,5,7,11,15H,2,4,6,8-10,12,16H2,1H3. The predicted molar refractivity (Wildman–Crippen MR) is 75.6 cm³/mol. The molecule has 1 aliphatic heterocycles. The summed E-state index contributed by atoms with van der Waals surface area (Å²) in [4.78, 5) is 2.52. The predicted octanol–water partition coefficient (Wildman–Crippen LogP) is 2.31. The van der Waals surface area contributed by atoms with Crippen LogP contribution in [0, 0.1) is 0 Å². The number of ether oxygens (including phenoxy) is 1. The Kier molecular flexibility index (Phi) is 5.02. The van der Waals surface area contributed by atoms with Gasteiger partial charge in [-0.25, -0.2) is 0 Å². The first-order chi connectivity index (χ1) is 8.78. The van der Waals surface area contributed by atoms with E-state index in [1.165, 1.54) is 12.0 Å². The van der Waals surface area contributed by atoms with Crippen LogP contribution in [0.3, 0.4) is 0 Å². The van der Waals surface area contributed by atoms with Gasteiger partial charge in [-0.3, -0.25) is 4.90 Å². The van der Waals surface area contributed by atoms with Crippen LogP contribution in [0.15, 0.2) is 24.3 Å². The molecule has 1 heterocycles. The van der Waals surface area contributed by atoms with Gasteiger partial charge >= 0.3 is 0 Å². The van der Waals surface area contributed by atoms with Crippen LogP contribution in [-0.4, -0.2) is 37.2 Å². The number of anilines is 1. The highest BCUT2D eigenvalue weighted by atomic mass is 16.5. The van der Waals surface area contributed by atoms with Gasteiger partial charge < -0.3 is 10.5 Å². The lowest BCUT2D eigenvalue weighted by atomic mass is 10.1. The fraction of sp³-hybridized carbons (Fsp3) is 0.600. The van der Waals surface area contributed by atoms with Gasteiger partial charge in [-0.05, 0) is 43.5 Å². The second-order valence-electron chi connectivity index (χ2n) is 5.05. The van der Waals surface area contributed by atoms with Crippen LogP contribution in [0.1, 0.15) is 25.3 Å². The number of nitrogens with two attached hydrogens (primary N) is 1. The molecule has 0 bridgehead atoms. The Bertz CT molecular complexity index is 367. The van der Waals surface area contributed by atoms with E-state index in [-0.39, 0.29) is 0 Å². The van der Waals surface area contributed by atoms with Crippen LogP contribution in [0.25, 0.3) is 0 Å². The lowest BCUT2D eigenvalue weighted by Crippen LogP contribution is -2.42. The average molecular weight is 248 g/mol. The van der Waals surface area contributed by atoms with Crippen molar-refractivity contribution in [3.63, 3.8) is 0 Å². The fourth-order valence-corrected chi connectivity index (χ4v) is 2.49. The average Bonchev–Trinajstić information content (AvgIpc) is 2.39. The molecule has 0 spiro atoms. The molecule has 0 amide bonds. The van der Waals surface area contributed by atoms with Crippen molar-refractivity contribution in [2.45, 2.75) is 32.3 Å². The van der Waals surface area contributed by atoms with Crippen molar-refractivity contribution in [3.05, 3.63) is 29.8 Å². The first kappa shape index (κ1) is 13.4. The molecule has 1 fully saturated rings. The quantitative estimate of drug-likeness (QED) is 0.813. The largest absolute Gasteiger partial charge is 0.399 e. The molecule has 1 aromatic carbocycles. The lowest BCUT2D eigenvalue weighted by Gasteiger charge is -2.32. The van der Waals surface area contributed by atoms with Crippen molar-refractivity contribution in [1.29, 1.82) is 0 Å².